The Balaban J connectivity index is 1.69. The van der Waals surface area contributed by atoms with Crippen molar-refractivity contribution in [3.63, 3.8) is 0 Å². The smallest absolute Gasteiger partial charge is 0.263 e. The van der Waals surface area contributed by atoms with Gasteiger partial charge in [0.05, 0.1) is 11.4 Å². The molecule has 2 atom stereocenters. The topological polar surface area (TPSA) is 65.3 Å². The van der Waals surface area contributed by atoms with Gasteiger partial charge in [-0.15, -0.1) is 0 Å². The Kier molecular flexibility index (Phi) is 3.35. The van der Waals surface area contributed by atoms with E-state index in [0.717, 1.165) is 5.56 Å². The Labute approximate surface area is 143 Å². The summed E-state index contributed by atoms with van der Waals surface area (Å²) in [6.45, 7) is 1.95. The number of benzene rings is 2. The number of halogens is 1. The van der Waals surface area contributed by atoms with Gasteiger partial charge in [0.25, 0.3) is 11.8 Å². The summed E-state index contributed by atoms with van der Waals surface area (Å²) in [4.78, 5) is 26.7. The van der Waals surface area contributed by atoms with Crippen LogP contribution < -0.4 is 9.91 Å². The number of carbonyl (C=O) groups excluding carboxylic acids is 2. The average molecular weight is 341 g/mol. The molecule has 2 aliphatic rings. The molecule has 6 nitrogen and oxygen atoms in total. The Bertz CT molecular complexity index is 848. The second kappa shape index (κ2) is 5.42. The first-order chi connectivity index (χ1) is 11.6. The van der Waals surface area contributed by atoms with Gasteiger partial charge in [-0.05, 0) is 43.3 Å². The summed E-state index contributed by atoms with van der Waals surface area (Å²) in [5.74, 6) is -0.678. The quantitative estimate of drug-likeness (QED) is 0.789. The number of nitrogens with zero attached hydrogens (tertiary/aromatic N) is 4. The standard InChI is InChI=1S/C17H13ClN4O2/c1-10-2-6-12(7-3-10)21-16(23)14-15(17(21)24)22(20-19-14)13-8-4-11(18)5-9-13/h2-9,14-15H,1H3. The van der Waals surface area contributed by atoms with E-state index in [2.05, 4.69) is 10.3 Å². The van der Waals surface area contributed by atoms with Gasteiger partial charge >= 0.3 is 0 Å². The molecule has 24 heavy (non-hydrogen) atoms. The van der Waals surface area contributed by atoms with Crippen molar-refractivity contribution in [1.82, 2.24) is 0 Å². The highest BCUT2D eigenvalue weighted by molar-refractivity contribution is 6.30. The minimum absolute atomic E-state index is 0.325. The van der Waals surface area contributed by atoms with Gasteiger partial charge in [0.1, 0.15) is 0 Å². The monoisotopic (exact) mass is 340 g/mol. The van der Waals surface area contributed by atoms with Gasteiger partial charge in [-0.3, -0.25) is 9.59 Å². The number of rotatable bonds is 2. The fourth-order valence-corrected chi connectivity index (χ4v) is 3.04. The van der Waals surface area contributed by atoms with Crippen molar-refractivity contribution in [1.29, 1.82) is 0 Å². The zero-order valence-corrected chi connectivity index (χ0v) is 13.5. The van der Waals surface area contributed by atoms with E-state index in [9.17, 15) is 9.59 Å². The fourth-order valence-electron chi connectivity index (χ4n) is 2.92. The number of aryl methyl sites for hydroxylation is 1. The van der Waals surface area contributed by atoms with Crippen molar-refractivity contribution < 1.29 is 9.59 Å². The lowest BCUT2D eigenvalue weighted by atomic mass is 10.1. The SMILES string of the molecule is Cc1ccc(N2C(=O)C3N=NN(c4ccc(Cl)cc4)C3C2=O)cc1. The van der Waals surface area contributed by atoms with Crippen LogP contribution in [-0.2, 0) is 9.59 Å². The molecule has 0 saturated carbocycles. The zero-order chi connectivity index (χ0) is 16.8. The summed E-state index contributed by atoms with van der Waals surface area (Å²) in [5, 5.41) is 10.1. The molecule has 1 fully saturated rings. The van der Waals surface area contributed by atoms with Gasteiger partial charge in [-0.25, -0.2) is 9.91 Å². The number of hydrogen-bond acceptors (Lipinski definition) is 5. The molecule has 0 bridgehead atoms. The molecule has 2 unspecified atom stereocenters. The third-order valence-corrected chi connectivity index (χ3v) is 4.42. The molecule has 0 spiro atoms. The van der Waals surface area contributed by atoms with E-state index in [4.69, 9.17) is 11.6 Å². The molecule has 2 aliphatic heterocycles. The maximum atomic E-state index is 12.9. The first kappa shape index (κ1) is 14.8. The second-order valence-corrected chi connectivity index (χ2v) is 6.20. The summed E-state index contributed by atoms with van der Waals surface area (Å²) < 4.78 is 0. The van der Waals surface area contributed by atoms with Crippen molar-refractivity contribution >= 4 is 34.8 Å². The number of carbonyl (C=O) groups is 2. The summed E-state index contributed by atoms with van der Waals surface area (Å²) >= 11 is 5.90. The minimum Gasteiger partial charge on any atom is -0.271 e. The summed E-state index contributed by atoms with van der Waals surface area (Å²) in [7, 11) is 0. The lowest BCUT2D eigenvalue weighted by molar-refractivity contribution is -0.121. The maximum Gasteiger partial charge on any atom is 0.263 e. The van der Waals surface area contributed by atoms with Crippen molar-refractivity contribution in [2.75, 3.05) is 9.91 Å². The van der Waals surface area contributed by atoms with Crippen LogP contribution in [0.5, 0.6) is 0 Å². The number of amides is 2. The second-order valence-electron chi connectivity index (χ2n) is 5.76. The Morgan fingerprint density at radius 3 is 2.21 bits per heavy atom. The van der Waals surface area contributed by atoms with Gasteiger partial charge in [0.15, 0.2) is 12.1 Å². The van der Waals surface area contributed by atoms with Gasteiger partial charge in [-0.1, -0.05) is 34.5 Å². The number of hydrogen-bond donors (Lipinski definition) is 0. The normalized spacial score (nSPS) is 22.4. The molecule has 0 aromatic heterocycles. The van der Waals surface area contributed by atoms with E-state index in [1.54, 1.807) is 36.4 Å². The van der Waals surface area contributed by atoms with Crippen molar-refractivity contribution in [2.45, 2.75) is 19.0 Å². The first-order valence-corrected chi connectivity index (χ1v) is 7.84. The number of fused-ring (bicyclic) bond motifs is 1. The van der Waals surface area contributed by atoms with Crippen LogP contribution in [0.3, 0.4) is 0 Å². The van der Waals surface area contributed by atoms with Crippen LogP contribution in [-0.4, -0.2) is 23.9 Å². The fraction of sp³-hybridized carbons (Fsp3) is 0.176. The lowest BCUT2D eigenvalue weighted by Crippen LogP contribution is -2.39. The van der Waals surface area contributed by atoms with Crippen LogP contribution >= 0.6 is 11.6 Å². The molecule has 2 heterocycles. The predicted molar refractivity (Wildman–Crippen MR) is 90.0 cm³/mol. The van der Waals surface area contributed by atoms with E-state index in [1.807, 2.05) is 19.1 Å². The summed E-state index contributed by atoms with van der Waals surface area (Å²) in [6.07, 6.45) is 0. The van der Waals surface area contributed by atoms with Gasteiger partial charge in [0, 0.05) is 5.02 Å². The van der Waals surface area contributed by atoms with Crippen LogP contribution in [0.4, 0.5) is 11.4 Å². The van der Waals surface area contributed by atoms with Crippen LogP contribution in [0.15, 0.2) is 58.9 Å². The highest BCUT2D eigenvalue weighted by Crippen LogP contribution is 2.35. The van der Waals surface area contributed by atoms with Gasteiger partial charge < -0.3 is 0 Å². The van der Waals surface area contributed by atoms with Gasteiger partial charge in [0.2, 0.25) is 0 Å². The summed E-state index contributed by atoms with van der Waals surface area (Å²) in [5.41, 5.74) is 2.28. The Morgan fingerprint density at radius 2 is 1.54 bits per heavy atom. The van der Waals surface area contributed by atoms with E-state index in [0.29, 0.717) is 16.4 Å². The Hall–Kier alpha value is -2.73. The van der Waals surface area contributed by atoms with Crippen LogP contribution in [0, 0.1) is 6.92 Å². The molecule has 1 saturated heterocycles. The average Bonchev–Trinajstić information content (AvgIpc) is 3.11. The van der Waals surface area contributed by atoms with E-state index < -0.39 is 12.1 Å². The molecule has 4 rings (SSSR count). The predicted octanol–water partition coefficient (Wildman–Crippen LogP) is 3.15. The first-order valence-electron chi connectivity index (χ1n) is 7.46. The third kappa shape index (κ3) is 2.18. The largest absolute Gasteiger partial charge is 0.271 e. The van der Waals surface area contributed by atoms with Crippen molar-refractivity contribution in [3.05, 3.63) is 59.1 Å². The van der Waals surface area contributed by atoms with Crippen molar-refractivity contribution in [2.24, 2.45) is 10.3 Å². The van der Waals surface area contributed by atoms with Crippen LogP contribution in [0.2, 0.25) is 5.02 Å². The lowest BCUT2D eigenvalue weighted by Gasteiger charge is -2.20. The van der Waals surface area contributed by atoms with Gasteiger partial charge in [-0.2, -0.15) is 5.11 Å². The van der Waals surface area contributed by atoms with E-state index in [-0.39, 0.29) is 11.8 Å². The zero-order valence-electron chi connectivity index (χ0n) is 12.8. The molecular weight excluding hydrogens is 328 g/mol. The highest BCUT2D eigenvalue weighted by atomic mass is 35.5. The molecule has 2 amide bonds. The third-order valence-electron chi connectivity index (χ3n) is 4.17. The van der Waals surface area contributed by atoms with Crippen molar-refractivity contribution in [3.8, 4) is 0 Å². The molecule has 0 radical (unpaired) electrons. The van der Waals surface area contributed by atoms with E-state index >= 15 is 0 Å². The van der Waals surface area contributed by atoms with E-state index in [1.165, 1.54) is 9.91 Å². The molecular formula is C17H13ClN4O2. The number of imide groups is 1. The highest BCUT2D eigenvalue weighted by Gasteiger charge is 2.55. The Morgan fingerprint density at radius 1 is 0.917 bits per heavy atom. The molecule has 2 aromatic rings. The summed E-state index contributed by atoms with van der Waals surface area (Å²) in [6, 6.07) is 12.6. The molecule has 2 aromatic carbocycles. The molecule has 0 N–H and O–H groups in total. The maximum absolute atomic E-state index is 12.9. The van der Waals surface area contributed by atoms with Crippen LogP contribution in [0.1, 0.15) is 5.56 Å². The van der Waals surface area contributed by atoms with Crippen LogP contribution in [0.25, 0.3) is 0 Å². The molecule has 7 heteroatoms. The number of anilines is 2. The molecule has 0 aliphatic carbocycles. The minimum atomic E-state index is -0.811. The molecule has 120 valence electrons.